The van der Waals surface area contributed by atoms with Gasteiger partial charge in [0.05, 0.1) is 11.5 Å². The molecule has 1 saturated carbocycles. The van der Waals surface area contributed by atoms with Crippen molar-refractivity contribution in [1.82, 2.24) is 14.9 Å². The van der Waals surface area contributed by atoms with Gasteiger partial charge in [0.1, 0.15) is 22.9 Å². The molecule has 2 aliphatic rings. The van der Waals surface area contributed by atoms with E-state index in [0.29, 0.717) is 5.88 Å². The van der Waals surface area contributed by atoms with Crippen LogP contribution in [0.2, 0.25) is 0 Å². The van der Waals surface area contributed by atoms with Crippen LogP contribution in [0.3, 0.4) is 0 Å². The first-order valence-electron chi connectivity index (χ1n) is 11.7. The van der Waals surface area contributed by atoms with E-state index in [0.717, 1.165) is 55.2 Å². The first kappa shape index (κ1) is 23.2. The Bertz CT molecular complexity index is 962. The third-order valence-corrected chi connectivity index (χ3v) is 7.83. The maximum atomic E-state index is 12.4. The van der Waals surface area contributed by atoms with Gasteiger partial charge in [-0.25, -0.2) is 14.8 Å². The van der Waals surface area contributed by atoms with E-state index < -0.39 is 5.60 Å². The van der Waals surface area contributed by atoms with Crippen molar-refractivity contribution in [3.8, 4) is 5.88 Å². The second-order valence-corrected chi connectivity index (χ2v) is 11.1. The van der Waals surface area contributed by atoms with Crippen LogP contribution >= 0.6 is 11.3 Å². The molecule has 4 rings (SSSR count). The van der Waals surface area contributed by atoms with Crippen LogP contribution in [0.15, 0.2) is 6.33 Å². The van der Waals surface area contributed by atoms with Crippen molar-refractivity contribution in [2.45, 2.75) is 102 Å². The molecule has 2 aliphatic carbocycles. The number of rotatable bonds is 5. The minimum atomic E-state index is -0.492. The van der Waals surface area contributed by atoms with E-state index in [2.05, 4.69) is 9.97 Å². The number of aliphatic hydroxyl groups excluding tert-OH is 1. The Hall–Kier alpha value is -1.93. The zero-order valence-corrected chi connectivity index (χ0v) is 20.6. The van der Waals surface area contributed by atoms with Crippen molar-refractivity contribution in [1.29, 1.82) is 0 Å². The molecule has 176 valence electrons. The Kier molecular flexibility index (Phi) is 6.63. The van der Waals surface area contributed by atoms with Crippen LogP contribution in [-0.2, 0) is 11.2 Å². The molecule has 32 heavy (non-hydrogen) atoms. The molecule has 0 aromatic carbocycles. The van der Waals surface area contributed by atoms with Crippen molar-refractivity contribution >= 4 is 27.6 Å². The molecule has 1 amide bonds. The van der Waals surface area contributed by atoms with Crippen LogP contribution in [-0.4, -0.2) is 57.0 Å². The van der Waals surface area contributed by atoms with Gasteiger partial charge in [0.15, 0.2) is 0 Å². The van der Waals surface area contributed by atoms with Gasteiger partial charge in [-0.2, -0.15) is 0 Å². The number of thiophene rings is 1. The van der Waals surface area contributed by atoms with Gasteiger partial charge >= 0.3 is 6.09 Å². The maximum absolute atomic E-state index is 12.4. The SMILES string of the molecule is CCC(O)[C@H]1CCc2sc3ncnc(O[C@H]4CC[C@H](N(C)C(=O)OC(C)(C)C)CC4)c3c21. The third kappa shape index (κ3) is 4.71. The first-order valence-corrected chi connectivity index (χ1v) is 12.6. The van der Waals surface area contributed by atoms with Gasteiger partial charge < -0.3 is 19.5 Å². The Labute approximate surface area is 194 Å². The normalized spacial score (nSPS) is 24.2. The Morgan fingerprint density at radius 3 is 2.62 bits per heavy atom. The number of carbonyl (C=O) groups is 1. The van der Waals surface area contributed by atoms with Crippen LogP contribution in [0.5, 0.6) is 5.88 Å². The number of amides is 1. The van der Waals surface area contributed by atoms with E-state index in [1.807, 2.05) is 34.7 Å². The Morgan fingerprint density at radius 2 is 1.97 bits per heavy atom. The van der Waals surface area contributed by atoms with Crippen molar-refractivity contribution in [3.63, 3.8) is 0 Å². The molecule has 0 spiro atoms. The smallest absolute Gasteiger partial charge is 0.410 e. The number of aryl methyl sites for hydroxylation is 1. The molecule has 8 heteroatoms. The van der Waals surface area contributed by atoms with Crippen molar-refractivity contribution in [2.75, 3.05) is 7.05 Å². The molecule has 1 unspecified atom stereocenters. The average Bonchev–Trinajstić information content (AvgIpc) is 3.31. The highest BCUT2D eigenvalue weighted by molar-refractivity contribution is 7.19. The zero-order chi connectivity index (χ0) is 23.0. The lowest BCUT2D eigenvalue weighted by molar-refractivity contribution is 0.0137. The molecule has 0 aliphatic heterocycles. The molecule has 2 atom stereocenters. The van der Waals surface area contributed by atoms with E-state index in [9.17, 15) is 9.90 Å². The zero-order valence-electron chi connectivity index (χ0n) is 19.8. The highest BCUT2D eigenvalue weighted by atomic mass is 32.1. The molecule has 0 bridgehead atoms. The number of aromatic nitrogens is 2. The van der Waals surface area contributed by atoms with Gasteiger partial charge in [0.2, 0.25) is 5.88 Å². The minimum Gasteiger partial charge on any atom is -0.474 e. The van der Waals surface area contributed by atoms with E-state index in [-0.39, 0.29) is 30.3 Å². The van der Waals surface area contributed by atoms with Crippen LogP contribution in [0.1, 0.15) is 82.6 Å². The van der Waals surface area contributed by atoms with E-state index in [1.54, 1.807) is 22.6 Å². The van der Waals surface area contributed by atoms with Crippen molar-refractivity contribution in [2.24, 2.45) is 0 Å². The Morgan fingerprint density at radius 1 is 1.25 bits per heavy atom. The largest absolute Gasteiger partial charge is 0.474 e. The summed E-state index contributed by atoms with van der Waals surface area (Å²) in [6.45, 7) is 7.68. The molecule has 2 aromatic rings. The second-order valence-electron chi connectivity index (χ2n) is 10.1. The fourth-order valence-corrected chi connectivity index (χ4v) is 6.15. The molecule has 7 nitrogen and oxygen atoms in total. The van der Waals surface area contributed by atoms with Gasteiger partial charge in [-0.05, 0) is 71.3 Å². The summed E-state index contributed by atoms with van der Waals surface area (Å²) in [6.07, 6.45) is 7.17. The van der Waals surface area contributed by atoms with Gasteiger partial charge in [-0.15, -0.1) is 11.3 Å². The number of hydrogen-bond donors (Lipinski definition) is 1. The fraction of sp³-hybridized carbons (Fsp3) is 0.708. The van der Waals surface area contributed by atoms with Gasteiger partial charge in [0, 0.05) is 23.9 Å². The summed E-state index contributed by atoms with van der Waals surface area (Å²) in [5, 5.41) is 11.6. The number of hydrogen-bond acceptors (Lipinski definition) is 7. The van der Waals surface area contributed by atoms with Crippen LogP contribution < -0.4 is 4.74 Å². The summed E-state index contributed by atoms with van der Waals surface area (Å²) in [5.74, 6) is 0.780. The van der Waals surface area contributed by atoms with Crippen LogP contribution in [0, 0.1) is 0 Å². The van der Waals surface area contributed by atoms with Crippen molar-refractivity contribution < 1.29 is 19.4 Å². The predicted octanol–water partition coefficient (Wildman–Crippen LogP) is 5.05. The summed E-state index contributed by atoms with van der Waals surface area (Å²) in [5.41, 5.74) is 0.710. The molecular weight excluding hydrogens is 426 g/mol. The summed E-state index contributed by atoms with van der Waals surface area (Å²) < 4.78 is 11.9. The number of fused-ring (bicyclic) bond motifs is 3. The number of aliphatic hydroxyl groups is 1. The number of carbonyl (C=O) groups excluding carboxylic acids is 1. The van der Waals surface area contributed by atoms with E-state index in [1.165, 1.54) is 10.4 Å². The highest BCUT2D eigenvalue weighted by Crippen LogP contribution is 2.47. The molecule has 0 radical (unpaired) electrons. The highest BCUT2D eigenvalue weighted by Gasteiger charge is 2.35. The van der Waals surface area contributed by atoms with Gasteiger partial charge in [0.25, 0.3) is 0 Å². The van der Waals surface area contributed by atoms with Crippen molar-refractivity contribution in [3.05, 3.63) is 16.8 Å². The topological polar surface area (TPSA) is 84.8 Å². The molecule has 0 saturated heterocycles. The van der Waals surface area contributed by atoms with E-state index >= 15 is 0 Å². The predicted molar refractivity (Wildman–Crippen MR) is 125 cm³/mol. The lowest BCUT2D eigenvalue weighted by Crippen LogP contribution is -2.43. The fourth-order valence-electron chi connectivity index (χ4n) is 4.93. The van der Waals surface area contributed by atoms with Crippen LogP contribution in [0.25, 0.3) is 10.2 Å². The molecular formula is C24H35N3O4S. The van der Waals surface area contributed by atoms with Crippen LogP contribution in [0.4, 0.5) is 4.79 Å². The average molecular weight is 462 g/mol. The molecule has 1 fully saturated rings. The summed E-state index contributed by atoms with van der Waals surface area (Å²) in [7, 11) is 1.82. The second kappa shape index (κ2) is 9.14. The number of nitrogens with zero attached hydrogens (tertiary/aromatic N) is 3. The molecule has 1 N–H and O–H groups in total. The summed E-state index contributed by atoms with van der Waals surface area (Å²) >= 11 is 1.71. The quantitative estimate of drug-likeness (QED) is 0.671. The monoisotopic (exact) mass is 461 g/mol. The first-order chi connectivity index (χ1) is 15.2. The standard InChI is InChI=1S/C24H35N3O4S/c1-6-17(28)16-11-12-18-19(16)20-21(25-13-26-22(20)32-18)30-15-9-7-14(8-10-15)27(5)23(29)31-24(2,3)4/h13-17,28H,6-12H2,1-5H3/t14-,15-,16-,17?/m1/s1. The molecule has 2 heterocycles. The third-order valence-electron chi connectivity index (χ3n) is 6.65. The molecule has 2 aromatic heterocycles. The summed E-state index contributed by atoms with van der Waals surface area (Å²) in [6, 6.07) is 0.157. The van der Waals surface area contributed by atoms with Gasteiger partial charge in [-0.1, -0.05) is 6.92 Å². The van der Waals surface area contributed by atoms with E-state index in [4.69, 9.17) is 9.47 Å². The lowest BCUT2D eigenvalue weighted by Gasteiger charge is -2.35. The summed E-state index contributed by atoms with van der Waals surface area (Å²) in [4.78, 5) is 25.4. The maximum Gasteiger partial charge on any atom is 0.410 e. The lowest BCUT2D eigenvalue weighted by atomic mass is 9.92. The minimum absolute atomic E-state index is 0.0582. The van der Waals surface area contributed by atoms with Gasteiger partial charge in [-0.3, -0.25) is 0 Å². The number of ether oxygens (including phenoxy) is 2. The Balaban J connectivity index is 1.45.